The minimum absolute atomic E-state index is 0.00907. The molecule has 0 saturated carbocycles. The van der Waals surface area contributed by atoms with Crippen molar-refractivity contribution >= 4 is 18.0 Å². The molecule has 1 aromatic heterocycles. The number of hydrogen-bond donors (Lipinski definition) is 1. The van der Waals surface area contributed by atoms with Crippen LogP contribution < -0.4 is 5.32 Å². The third-order valence-electron chi connectivity index (χ3n) is 8.11. The molecule has 0 fully saturated rings. The molecule has 240 valence electrons. The minimum atomic E-state index is -0.615. The van der Waals surface area contributed by atoms with E-state index in [1.807, 2.05) is 46.8 Å². The van der Waals surface area contributed by atoms with E-state index in [-0.39, 0.29) is 36.4 Å². The molecule has 1 heterocycles. The van der Waals surface area contributed by atoms with Crippen LogP contribution >= 0.6 is 0 Å². The number of rotatable bonds is 18. The smallest absolute Gasteiger partial charge is 0.407 e. The topological polar surface area (TPSA) is 104 Å². The second-order valence-electron chi connectivity index (χ2n) is 14.0. The fraction of sp³-hybridized carbons (Fsp3) is 0.765. The van der Waals surface area contributed by atoms with Crippen LogP contribution in [0.4, 0.5) is 4.79 Å². The Morgan fingerprint density at radius 2 is 1.57 bits per heavy atom. The summed E-state index contributed by atoms with van der Waals surface area (Å²) in [6.45, 7) is 20.6. The number of carbonyl (C=O) groups is 3. The van der Waals surface area contributed by atoms with Gasteiger partial charge in [0.25, 0.3) is 0 Å². The number of carbonyl (C=O) groups excluding carboxylic acids is 3. The average Bonchev–Trinajstić information content (AvgIpc) is 2.89. The summed E-state index contributed by atoms with van der Waals surface area (Å²) in [5.74, 6) is -0.240. The monoisotopic (exact) mass is 590 g/mol. The number of amides is 1. The predicted molar refractivity (Wildman–Crippen MR) is 167 cm³/mol. The Labute approximate surface area is 255 Å². The number of nitrogens with zero attached hydrogens (tertiary/aromatic N) is 1. The van der Waals surface area contributed by atoms with Crippen molar-refractivity contribution in [1.82, 2.24) is 10.3 Å². The van der Waals surface area contributed by atoms with E-state index < -0.39 is 22.7 Å². The standard InChI is InChI=1S/C34H58N2O6/c1-11-26(3)34(10,25-31(4,5)6)29(38)40-23-22-36-30(39)42-33(9,12-2)19-15-13-14-16-28(37)41-32(7,8)24-27-17-20-35-21-18-27/h17-18,20-21,26H,11-16,19,22-25H2,1-10H3,(H,36,39). The lowest BCUT2D eigenvalue weighted by atomic mass is 9.67. The normalized spacial score (nSPS) is 15.6. The Morgan fingerprint density at radius 3 is 2.14 bits per heavy atom. The highest BCUT2D eigenvalue weighted by atomic mass is 16.6. The van der Waals surface area contributed by atoms with E-state index in [1.54, 1.807) is 12.4 Å². The maximum Gasteiger partial charge on any atom is 0.407 e. The maximum absolute atomic E-state index is 13.0. The molecule has 0 saturated heterocycles. The Kier molecular flexibility index (Phi) is 15.0. The largest absolute Gasteiger partial charge is 0.463 e. The van der Waals surface area contributed by atoms with Crippen molar-refractivity contribution in [3.8, 4) is 0 Å². The van der Waals surface area contributed by atoms with Gasteiger partial charge in [0.05, 0.1) is 12.0 Å². The zero-order valence-electron chi connectivity index (χ0n) is 28.1. The molecule has 0 bridgehead atoms. The molecular formula is C34H58N2O6. The molecule has 0 aliphatic carbocycles. The van der Waals surface area contributed by atoms with E-state index in [1.165, 1.54) is 0 Å². The summed E-state index contributed by atoms with van der Waals surface area (Å²) < 4.78 is 17.1. The molecule has 0 aromatic carbocycles. The summed E-state index contributed by atoms with van der Waals surface area (Å²) in [5, 5.41) is 2.72. The van der Waals surface area contributed by atoms with Gasteiger partial charge in [-0.25, -0.2) is 4.79 Å². The van der Waals surface area contributed by atoms with E-state index in [4.69, 9.17) is 14.2 Å². The third-order valence-corrected chi connectivity index (χ3v) is 8.11. The molecule has 1 rings (SSSR count). The predicted octanol–water partition coefficient (Wildman–Crippen LogP) is 7.82. The van der Waals surface area contributed by atoms with Crippen molar-refractivity contribution in [2.24, 2.45) is 16.7 Å². The second-order valence-corrected chi connectivity index (χ2v) is 14.0. The fourth-order valence-electron chi connectivity index (χ4n) is 5.35. The van der Waals surface area contributed by atoms with E-state index in [0.717, 1.165) is 31.2 Å². The summed E-state index contributed by atoms with van der Waals surface area (Å²) in [7, 11) is 0. The van der Waals surface area contributed by atoms with Crippen LogP contribution in [-0.4, -0.2) is 47.4 Å². The number of pyridine rings is 1. The third kappa shape index (κ3) is 14.0. The van der Waals surface area contributed by atoms with Gasteiger partial charge in [0.1, 0.15) is 17.8 Å². The van der Waals surface area contributed by atoms with Crippen molar-refractivity contribution in [3.05, 3.63) is 30.1 Å². The molecule has 3 unspecified atom stereocenters. The first kappa shape index (κ1) is 37.4. The maximum atomic E-state index is 13.0. The van der Waals surface area contributed by atoms with Gasteiger partial charge in [-0.3, -0.25) is 14.6 Å². The van der Waals surface area contributed by atoms with Crippen LogP contribution in [0.5, 0.6) is 0 Å². The Balaban J connectivity index is 2.39. The summed E-state index contributed by atoms with van der Waals surface area (Å²) in [6.07, 6.45) is 9.28. The highest BCUT2D eigenvalue weighted by molar-refractivity contribution is 5.77. The Bertz CT molecular complexity index is 974. The number of alkyl carbamates (subject to hydrolysis) is 1. The lowest BCUT2D eigenvalue weighted by Gasteiger charge is -2.38. The number of ether oxygens (including phenoxy) is 3. The van der Waals surface area contributed by atoms with Gasteiger partial charge in [-0.1, -0.05) is 54.4 Å². The van der Waals surface area contributed by atoms with Gasteiger partial charge >= 0.3 is 18.0 Å². The SMILES string of the molecule is CCC(C)C(C)(CC(C)(C)C)C(=O)OCCNC(=O)OC(C)(CC)CCCCCC(=O)OC(C)(C)Cc1ccncc1. The molecule has 1 amide bonds. The van der Waals surface area contributed by atoms with E-state index in [2.05, 4.69) is 44.9 Å². The summed E-state index contributed by atoms with van der Waals surface area (Å²) in [5.41, 5.74) is -0.715. The van der Waals surface area contributed by atoms with Gasteiger partial charge in [-0.15, -0.1) is 0 Å². The number of nitrogens with one attached hydrogen (secondary N) is 1. The van der Waals surface area contributed by atoms with Gasteiger partial charge in [0.15, 0.2) is 0 Å². The molecule has 1 aromatic rings. The van der Waals surface area contributed by atoms with E-state index in [9.17, 15) is 14.4 Å². The molecule has 1 N–H and O–H groups in total. The lowest BCUT2D eigenvalue weighted by molar-refractivity contribution is -0.160. The highest BCUT2D eigenvalue weighted by Gasteiger charge is 2.42. The number of unbranched alkanes of at least 4 members (excludes halogenated alkanes) is 2. The Morgan fingerprint density at radius 1 is 0.929 bits per heavy atom. The quantitative estimate of drug-likeness (QED) is 0.106. The summed E-state index contributed by atoms with van der Waals surface area (Å²) >= 11 is 0. The number of hydrogen-bond acceptors (Lipinski definition) is 7. The van der Waals surface area contributed by atoms with Crippen molar-refractivity contribution in [2.75, 3.05) is 13.2 Å². The van der Waals surface area contributed by atoms with Gasteiger partial charge in [0.2, 0.25) is 0 Å². The second kappa shape index (κ2) is 16.9. The lowest BCUT2D eigenvalue weighted by Crippen LogP contribution is -2.41. The fourth-order valence-corrected chi connectivity index (χ4v) is 5.35. The van der Waals surface area contributed by atoms with Gasteiger partial charge in [0, 0.05) is 25.2 Å². The van der Waals surface area contributed by atoms with E-state index >= 15 is 0 Å². The van der Waals surface area contributed by atoms with Crippen molar-refractivity contribution in [2.45, 2.75) is 138 Å². The van der Waals surface area contributed by atoms with Gasteiger partial charge in [-0.2, -0.15) is 0 Å². The van der Waals surface area contributed by atoms with Gasteiger partial charge < -0.3 is 19.5 Å². The van der Waals surface area contributed by atoms with Crippen LogP contribution in [0.1, 0.15) is 126 Å². The summed E-state index contributed by atoms with van der Waals surface area (Å²) in [6, 6.07) is 3.85. The van der Waals surface area contributed by atoms with Crippen molar-refractivity contribution < 1.29 is 28.6 Å². The van der Waals surface area contributed by atoms with Crippen LogP contribution in [0.25, 0.3) is 0 Å². The molecule has 0 spiro atoms. The molecular weight excluding hydrogens is 532 g/mol. The minimum Gasteiger partial charge on any atom is -0.463 e. The first-order valence-electron chi connectivity index (χ1n) is 15.7. The van der Waals surface area contributed by atoms with Gasteiger partial charge in [-0.05, 0) is 88.8 Å². The molecule has 3 atom stereocenters. The molecule has 8 nitrogen and oxygen atoms in total. The molecule has 0 aliphatic rings. The Hall–Kier alpha value is -2.64. The zero-order valence-corrected chi connectivity index (χ0v) is 28.1. The van der Waals surface area contributed by atoms with Crippen molar-refractivity contribution in [1.29, 1.82) is 0 Å². The first-order valence-corrected chi connectivity index (χ1v) is 15.7. The zero-order chi connectivity index (χ0) is 32.0. The van der Waals surface area contributed by atoms with Crippen LogP contribution in [0.3, 0.4) is 0 Å². The van der Waals surface area contributed by atoms with Crippen LogP contribution in [0.2, 0.25) is 0 Å². The summed E-state index contributed by atoms with van der Waals surface area (Å²) in [4.78, 5) is 41.9. The van der Waals surface area contributed by atoms with Crippen LogP contribution in [0.15, 0.2) is 24.5 Å². The first-order chi connectivity index (χ1) is 19.5. The van der Waals surface area contributed by atoms with Crippen LogP contribution in [0, 0.1) is 16.7 Å². The molecule has 0 aliphatic heterocycles. The van der Waals surface area contributed by atoms with E-state index in [0.29, 0.717) is 32.1 Å². The number of esters is 2. The van der Waals surface area contributed by atoms with Crippen molar-refractivity contribution in [3.63, 3.8) is 0 Å². The highest BCUT2D eigenvalue weighted by Crippen LogP contribution is 2.41. The molecule has 42 heavy (non-hydrogen) atoms. The average molecular weight is 591 g/mol. The van der Waals surface area contributed by atoms with Crippen LogP contribution in [-0.2, 0) is 30.2 Å². The molecule has 8 heteroatoms. The molecule has 0 radical (unpaired) electrons. The number of aromatic nitrogens is 1.